The molecule has 1 aromatic carbocycles. The topological polar surface area (TPSA) is 0 Å². The molecular formula is C14H18ClI. The van der Waals surface area contributed by atoms with Gasteiger partial charge in [0, 0.05) is 3.58 Å². The summed E-state index contributed by atoms with van der Waals surface area (Å²) in [6.07, 6.45) is 6.27. The molecule has 0 N–H and O–H groups in total. The molecule has 88 valence electrons. The molecule has 0 saturated heterocycles. The van der Waals surface area contributed by atoms with E-state index in [9.17, 15) is 0 Å². The minimum Gasteiger partial charge on any atom is -0.0829 e. The highest BCUT2D eigenvalue weighted by Gasteiger charge is 2.03. The Morgan fingerprint density at radius 2 is 1.81 bits per heavy atom. The van der Waals surface area contributed by atoms with Gasteiger partial charge in [0.2, 0.25) is 0 Å². The minimum atomic E-state index is 0.915. The number of benzene rings is 1. The van der Waals surface area contributed by atoms with Crippen molar-refractivity contribution in [3.8, 4) is 0 Å². The van der Waals surface area contributed by atoms with Crippen LogP contribution in [0.1, 0.15) is 44.6 Å². The molecule has 0 bridgehead atoms. The van der Waals surface area contributed by atoms with Crippen LogP contribution in [-0.2, 0) is 0 Å². The summed E-state index contributed by atoms with van der Waals surface area (Å²) >= 11 is 8.71. The van der Waals surface area contributed by atoms with Gasteiger partial charge in [-0.2, -0.15) is 0 Å². The van der Waals surface area contributed by atoms with Gasteiger partial charge in [-0.05, 0) is 41.0 Å². The molecule has 0 fully saturated rings. The van der Waals surface area contributed by atoms with Gasteiger partial charge in [0.15, 0.2) is 0 Å². The Kier molecular flexibility index (Phi) is 7.13. The van der Waals surface area contributed by atoms with E-state index in [0.29, 0.717) is 0 Å². The summed E-state index contributed by atoms with van der Waals surface area (Å²) in [5.41, 5.74) is 1.13. The molecular weight excluding hydrogens is 331 g/mol. The van der Waals surface area contributed by atoms with Gasteiger partial charge < -0.3 is 0 Å². The lowest BCUT2D eigenvalue weighted by molar-refractivity contribution is 0.674. The molecule has 0 aliphatic carbocycles. The fourth-order valence-electron chi connectivity index (χ4n) is 1.56. The summed E-state index contributed by atoms with van der Waals surface area (Å²) < 4.78 is 1.28. The van der Waals surface area contributed by atoms with E-state index in [1.165, 1.54) is 29.3 Å². The normalized spacial score (nSPS) is 12.4. The molecule has 0 amide bonds. The summed E-state index contributed by atoms with van der Waals surface area (Å²) in [6.45, 7) is 2.23. The van der Waals surface area contributed by atoms with Crippen LogP contribution >= 0.6 is 34.2 Å². The number of allylic oxidation sites excluding steroid dienone is 1. The molecule has 0 spiro atoms. The highest BCUT2D eigenvalue weighted by Crippen LogP contribution is 2.30. The van der Waals surface area contributed by atoms with E-state index in [4.69, 9.17) is 11.6 Å². The van der Waals surface area contributed by atoms with Gasteiger partial charge in [-0.15, -0.1) is 0 Å². The summed E-state index contributed by atoms with van der Waals surface area (Å²) in [4.78, 5) is 0. The lowest BCUT2D eigenvalue weighted by Crippen LogP contribution is -1.82. The molecule has 0 aromatic heterocycles. The van der Waals surface area contributed by atoms with Gasteiger partial charge in [0.1, 0.15) is 0 Å². The average molecular weight is 349 g/mol. The van der Waals surface area contributed by atoms with Gasteiger partial charge in [-0.25, -0.2) is 0 Å². The predicted octanol–water partition coefficient (Wildman–Crippen LogP) is 6.00. The molecule has 0 nitrogen and oxygen atoms in total. The monoisotopic (exact) mass is 348 g/mol. The van der Waals surface area contributed by atoms with Crippen LogP contribution in [0.2, 0.25) is 0 Å². The van der Waals surface area contributed by atoms with Gasteiger partial charge in [-0.3, -0.25) is 0 Å². The van der Waals surface area contributed by atoms with Crippen LogP contribution in [0.25, 0.3) is 5.03 Å². The Labute approximate surface area is 117 Å². The quantitative estimate of drug-likeness (QED) is 0.437. The first-order valence-corrected chi connectivity index (χ1v) is 7.31. The summed E-state index contributed by atoms with van der Waals surface area (Å²) in [5.74, 6) is 0. The van der Waals surface area contributed by atoms with Crippen molar-refractivity contribution in [1.29, 1.82) is 0 Å². The van der Waals surface area contributed by atoms with Gasteiger partial charge in [0.05, 0.1) is 5.03 Å². The minimum absolute atomic E-state index is 0.915. The van der Waals surface area contributed by atoms with Crippen LogP contribution < -0.4 is 0 Å². The van der Waals surface area contributed by atoms with Gasteiger partial charge in [-0.1, -0.05) is 68.1 Å². The largest absolute Gasteiger partial charge is 0.0829 e. The first-order chi connectivity index (χ1) is 7.75. The van der Waals surface area contributed by atoms with Crippen molar-refractivity contribution in [3.63, 3.8) is 0 Å². The van der Waals surface area contributed by atoms with E-state index < -0.39 is 0 Å². The summed E-state index contributed by atoms with van der Waals surface area (Å²) in [5, 5.41) is 0.915. The highest BCUT2D eigenvalue weighted by molar-refractivity contribution is 14.1. The molecule has 0 saturated carbocycles. The first-order valence-electron chi connectivity index (χ1n) is 5.85. The fraction of sp³-hybridized carbons (Fsp3) is 0.429. The van der Waals surface area contributed by atoms with Crippen molar-refractivity contribution in [3.05, 3.63) is 39.5 Å². The Morgan fingerprint density at radius 1 is 1.12 bits per heavy atom. The smallest absolute Gasteiger partial charge is 0.0570 e. The third kappa shape index (κ3) is 4.88. The van der Waals surface area contributed by atoms with Crippen molar-refractivity contribution in [2.45, 2.75) is 39.0 Å². The Hall–Kier alpha value is -0.0200. The highest BCUT2D eigenvalue weighted by atomic mass is 127. The molecule has 0 atom stereocenters. The van der Waals surface area contributed by atoms with E-state index in [-0.39, 0.29) is 0 Å². The Morgan fingerprint density at radius 3 is 2.44 bits per heavy atom. The predicted molar refractivity (Wildman–Crippen MR) is 82.0 cm³/mol. The molecule has 0 radical (unpaired) electrons. The van der Waals surface area contributed by atoms with Crippen LogP contribution in [0.3, 0.4) is 0 Å². The molecule has 0 unspecified atom stereocenters. The number of rotatable bonds is 6. The second-order valence-corrected chi connectivity index (χ2v) is 5.58. The van der Waals surface area contributed by atoms with Crippen LogP contribution in [0.5, 0.6) is 0 Å². The zero-order valence-electron chi connectivity index (χ0n) is 9.68. The molecule has 2 heteroatoms. The number of hydrogen-bond donors (Lipinski definition) is 0. The molecule has 0 aliphatic rings. The Balaban J connectivity index is 2.52. The first kappa shape index (κ1) is 14.0. The van der Waals surface area contributed by atoms with Crippen molar-refractivity contribution in [2.75, 3.05) is 0 Å². The molecule has 1 rings (SSSR count). The fourth-order valence-corrected chi connectivity index (χ4v) is 2.47. The van der Waals surface area contributed by atoms with Crippen LogP contribution in [-0.4, -0.2) is 0 Å². The van der Waals surface area contributed by atoms with Crippen molar-refractivity contribution in [2.24, 2.45) is 0 Å². The lowest BCUT2D eigenvalue weighted by atomic mass is 10.1. The standard InChI is InChI=1S/C14H18ClI/c1-2-3-4-8-11-13(16)14(15)12-9-6-5-7-10-12/h5-7,9-10H,2-4,8,11H2,1H3. The van der Waals surface area contributed by atoms with Crippen molar-refractivity contribution in [1.82, 2.24) is 0 Å². The number of halogens is 2. The number of unbranched alkanes of at least 4 members (excludes halogenated alkanes) is 3. The summed E-state index contributed by atoms with van der Waals surface area (Å²) in [7, 11) is 0. The second-order valence-electron chi connectivity index (χ2n) is 3.90. The maximum Gasteiger partial charge on any atom is 0.0570 e. The van der Waals surface area contributed by atoms with E-state index in [0.717, 1.165) is 17.0 Å². The maximum absolute atomic E-state index is 6.34. The van der Waals surface area contributed by atoms with E-state index >= 15 is 0 Å². The molecule has 1 aromatic rings. The van der Waals surface area contributed by atoms with E-state index in [1.807, 2.05) is 18.2 Å². The average Bonchev–Trinajstić information content (AvgIpc) is 2.34. The summed E-state index contributed by atoms with van der Waals surface area (Å²) in [6, 6.07) is 10.2. The molecule has 0 aliphatic heterocycles. The number of hydrogen-bond acceptors (Lipinski definition) is 0. The zero-order chi connectivity index (χ0) is 11.8. The molecule has 16 heavy (non-hydrogen) atoms. The van der Waals surface area contributed by atoms with Crippen LogP contribution in [0, 0.1) is 0 Å². The van der Waals surface area contributed by atoms with Crippen molar-refractivity contribution >= 4 is 39.2 Å². The van der Waals surface area contributed by atoms with E-state index in [1.54, 1.807) is 0 Å². The molecule has 0 heterocycles. The van der Waals surface area contributed by atoms with Gasteiger partial charge in [0.25, 0.3) is 0 Å². The van der Waals surface area contributed by atoms with Crippen LogP contribution in [0.4, 0.5) is 0 Å². The third-order valence-corrected chi connectivity index (χ3v) is 4.36. The van der Waals surface area contributed by atoms with Crippen molar-refractivity contribution < 1.29 is 0 Å². The van der Waals surface area contributed by atoms with Crippen LogP contribution in [0.15, 0.2) is 33.9 Å². The van der Waals surface area contributed by atoms with E-state index in [2.05, 4.69) is 41.6 Å². The maximum atomic E-state index is 6.34. The second kappa shape index (κ2) is 8.13. The zero-order valence-corrected chi connectivity index (χ0v) is 12.6. The SMILES string of the molecule is CCCCCCC(I)=C(Cl)c1ccccc1. The third-order valence-electron chi connectivity index (χ3n) is 2.52. The Bertz CT molecular complexity index is 330. The lowest BCUT2D eigenvalue weighted by Gasteiger charge is -2.04. The van der Waals surface area contributed by atoms with Gasteiger partial charge >= 0.3 is 0 Å².